The van der Waals surface area contributed by atoms with Crippen molar-refractivity contribution in [3.05, 3.63) is 40.5 Å². The maximum atomic E-state index is 12.8. The van der Waals surface area contributed by atoms with Gasteiger partial charge in [-0.25, -0.2) is 4.39 Å². The Bertz CT molecular complexity index is 569. The van der Waals surface area contributed by atoms with Gasteiger partial charge in [0.2, 0.25) is 5.88 Å². The first-order chi connectivity index (χ1) is 10.1. The highest BCUT2D eigenvalue weighted by Crippen LogP contribution is 2.30. The molecule has 1 heterocycles. The lowest BCUT2D eigenvalue weighted by atomic mass is 10.1. The zero-order chi connectivity index (χ0) is 15.2. The third kappa shape index (κ3) is 4.41. The monoisotopic (exact) mass is 309 g/mol. The minimum atomic E-state index is -0.197. The number of ether oxygens (including phenoxy) is 1. The minimum Gasteiger partial charge on any atom is -0.480 e. The summed E-state index contributed by atoms with van der Waals surface area (Å²) in [5.74, 6) is 0.482. The molecule has 0 spiro atoms. The van der Waals surface area contributed by atoms with E-state index in [-0.39, 0.29) is 5.82 Å². The van der Waals surface area contributed by atoms with Crippen molar-refractivity contribution in [1.82, 2.24) is 10.3 Å². The zero-order valence-electron chi connectivity index (χ0n) is 12.5. The van der Waals surface area contributed by atoms with Crippen molar-refractivity contribution >= 4 is 16.5 Å². The number of thiazole rings is 1. The van der Waals surface area contributed by atoms with Crippen molar-refractivity contribution in [2.75, 3.05) is 32.6 Å². The zero-order valence-corrected chi connectivity index (χ0v) is 13.3. The molecule has 0 fully saturated rings. The first-order valence-electron chi connectivity index (χ1n) is 6.76. The van der Waals surface area contributed by atoms with Gasteiger partial charge >= 0.3 is 0 Å². The Morgan fingerprint density at radius 3 is 2.62 bits per heavy atom. The number of nitrogens with one attached hydrogen (secondary N) is 1. The molecule has 0 radical (unpaired) electrons. The summed E-state index contributed by atoms with van der Waals surface area (Å²) < 4.78 is 18.1. The second-order valence-corrected chi connectivity index (χ2v) is 5.94. The SMILES string of the molecule is COc1nc(N(C)C)sc1CNCCc1ccc(F)cc1. The van der Waals surface area contributed by atoms with Crippen LogP contribution in [0.1, 0.15) is 10.4 Å². The summed E-state index contributed by atoms with van der Waals surface area (Å²) in [5, 5.41) is 4.30. The normalized spacial score (nSPS) is 10.7. The molecule has 0 amide bonds. The van der Waals surface area contributed by atoms with Gasteiger partial charge in [0.05, 0.1) is 12.0 Å². The van der Waals surface area contributed by atoms with Gasteiger partial charge in [0.25, 0.3) is 0 Å². The number of anilines is 1. The van der Waals surface area contributed by atoms with Gasteiger partial charge < -0.3 is 15.0 Å². The molecular weight excluding hydrogens is 289 g/mol. The van der Waals surface area contributed by atoms with Gasteiger partial charge in [-0.2, -0.15) is 4.98 Å². The van der Waals surface area contributed by atoms with Gasteiger partial charge in [-0.15, -0.1) is 0 Å². The summed E-state index contributed by atoms with van der Waals surface area (Å²) in [6.45, 7) is 1.54. The van der Waals surface area contributed by atoms with Crippen molar-refractivity contribution in [3.63, 3.8) is 0 Å². The number of hydrogen-bond acceptors (Lipinski definition) is 5. The lowest BCUT2D eigenvalue weighted by molar-refractivity contribution is 0.395. The molecule has 114 valence electrons. The minimum absolute atomic E-state index is 0.197. The molecule has 6 heteroatoms. The van der Waals surface area contributed by atoms with Crippen LogP contribution in [0.15, 0.2) is 24.3 Å². The van der Waals surface area contributed by atoms with E-state index in [9.17, 15) is 4.39 Å². The van der Waals surface area contributed by atoms with E-state index in [1.165, 1.54) is 12.1 Å². The predicted octanol–water partition coefficient (Wildman–Crippen LogP) is 2.69. The molecule has 0 aliphatic carbocycles. The molecule has 0 bridgehead atoms. The van der Waals surface area contributed by atoms with Crippen LogP contribution in [0.4, 0.5) is 9.52 Å². The largest absolute Gasteiger partial charge is 0.480 e. The van der Waals surface area contributed by atoms with Gasteiger partial charge in [0.15, 0.2) is 5.13 Å². The number of benzene rings is 1. The van der Waals surface area contributed by atoms with Gasteiger partial charge in [0, 0.05) is 20.6 Å². The third-order valence-corrected chi connectivity index (χ3v) is 4.22. The first kappa shape index (κ1) is 15.7. The molecule has 0 aliphatic rings. The van der Waals surface area contributed by atoms with Crippen LogP contribution >= 0.6 is 11.3 Å². The van der Waals surface area contributed by atoms with Gasteiger partial charge in [-0.05, 0) is 30.7 Å². The van der Waals surface area contributed by atoms with E-state index >= 15 is 0 Å². The smallest absolute Gasteiger partial charge is 0.230 e. The summed E-state index contributed by atoms with van der Waals surface area (Å²) in [6.07, 6.45) is 0.863. The summed E-state index contributed by atoms with van der Waals surface area (Å²) in [5.41, 5.74) is 1.12. The second kappa shape index (κ2) is 7.38. The Hall–Kier alpha value is -1.66. The summed E-state index contributed by atoms with van der Waals surface area (Å²) in [7, 11) is 5.56. The first-order valence-corrected chi connectivity index (χ1v) is 7.58. The molecule has 1 N–H and O–H groups in total. The Morgan fingerprint density at radius 1 is 1.29 bits per heavy atom. The highest BCUT2D eigenvalue weighted by molar-refractivity contribution is 7.15. The summed E-state index contributed by atoms with van der Waals surface area (Å²) in [4.78, 5) is 7.47. The highest BCUT2D eigenvalue weighted by atomic mass is 32.1. The molecule has 1 aromatic heterocycles. The molecule has 0 unspecified atom stereocenters. The molecular formula is C15H20FN3OS. The highest BCUT2D eigenvalue weighted by Gasteiger charge is 2.12. The molecule has 2 aromatic rings. The number of methoxy groups -OCH3 is 1. The quantitative estimate of drug-likeness (QED) is 0.798. The van der Waals surface area contributed by atoms with E-state index in [4.69, 9.17) is 4.74 Å². The Morgan fingerprint density at radius 2 is 2.00 bits per heavy atom. The van der Waals surface area contributed by atoms with Crippen LogP contribution in [-0.2, 0) is 13.0 Å². The number of aromatic nitrogens is 1. The van der Waals surface area contributed by atoms with E-state index in [1.807, 2.05) is 31.1 Å². The fraction of sp³-hybridized carbons (Fsp3) is 0.400. The van der Waals surface area contributed by atoms with Crippen LogP contribution in [0.3, 0.4) is 0 Å². The van der Waals surface area contributed by atoms with Crippen LogP contribution in [0, 0.1) is 5.82 Å². The fourth-order valence-electron chi connectivity index (χ4n) is 1.87. The van der Waals surface area contributed by atoms with Crippen LogP contribution < -0.4 is 15.0 Å². The average molecular weight is 309 g/mol. The van der Waals surface area contributed by atoms with Gasteiger partial charge in [-0.1, -0.05) is 23.5 Å². The van der Waals surface area contributed by atoms with Crippen molar-refractivity contribution < 1.29 is 9.13 Å². The third-order valence-electron chi connectivity index (χ3n) is 3.02. The maximum absolute atomic E-state index is 12.8. The topological polar surface area (TPSA) is 37.4 Å². The van der Waals surface area contributed by atoms with Crippen LogP contribution in [0.25, 0.3) is 0 Å². The molecule has 0 aliphatic heterocycles. The van der Waals surface area contributed by atoms with Crippen LogP contribution in [0.2, 0.25) is 0 Å². The lowest BCUT2D eigenvalue weighted by Gasteiger charge is -2.05. The molecule has 21 heavy (non-hydrogen) atoms. The molecule has 4 nitrogen and oxygen atoms in total. The lowest BCUT2D eigenvalue weighted by Crippen LogP contribution is -2.16. The molecule has 0 atom stereocenters. The number of rotatable bonds is 7. The summed E-state index contributed by atoms with van der Waals surface area (Å²) in [6, 6.07) is 6.61. The van der Waals surface area contributed by atoms with Gasteiger partial charge in [0.1, 0.15) is 5.82 Å². The molecule has 0 saturated carbocycles. The Balaban J connectivity index is 1.84. The molecule has 0 saturated heterocycles. The number of nitrogens with zero attached hydrogens (tertiary/aromatic N) is 2. The Kier molecular flexibility index (Phi) is 5.52. The number of hydrogen-bond donors (Lipinski definition) is 1. The fourth-order valence-corrected chi connectivity index (χ4v) is 2.80. The van der Waals surface area contributed by atoms with Crippen molar-refractivity contribution in [2.45, 2.75) is 13.0 Å². The van der Waals surface area contributed by atoms with Gasteiger partial charge in [-0.3, -0.25) is 0 Å². The molecule has 2 rings (SSSR count). The standard InChI is InChI=1S/C15H20FN3OS/c1-19(2)15-18-14(20-3)13(21-15)10-17-9-8-11-4-6-12(16)7-5-11/h4-7,17H,8-10H2,1-3H3. The Labute approximate surface area is 128 Å². The van der Waals surface area contributed by atoms with E-state index < -0.39 is 0 Å². The average Bonchev–Trinajstić information content (AvgIpc) is 2.89. The van der Waals surface area contributed by atoms with E-state index in [1.54, 1.807) is 18.4 Å². The van der Waals surface area contributed by atoms with E-state index in [0.29, 0.717) is 5.88 Å². The second-order valence-electron chi connectivity index (χ2n) is 4.88. The van der Waals surface area contributed by atoms with Crippen LogP contribution in [-0.4, -0.2) is 32.7 Å². The maximum Gasteiger partial charge on any atom is 0.230 e. The molecule has 1 aromatic carbocycles. The van der Waals surface area contributed by atoms with Crippen LogP contribution in [0.5, 0.6) is 5.88 Å². The van der Waals surface area contributed by atoms with Crippen molar-refractivity contribution in [3.8, 4) is 5.88 Å². The summed E-state index contributed by atoms with van der Waals surface area (Å²) >= 11 is 1.62. The number of halogens is 1. The van der Waals surface area contributed by atoms with E-state index in [2.05, 4.69) is 10.3 Å². The predicted molar refractivity (Wildman–Crippen MR) is 84.8 cm³/mol. The van der Waals surface area contributed by atoms with Crippen molar-refractivity contribution in [1.29, 1.82) is 0 Å². The van der Waals surface area contributed by atoms with Crippen molar-refractivity contribution in [2.24, 2.45) is 0 Å². The van der Waals surface area contributed by atoms with E-state index in [0.717, 1.165) is 35.1 Å².